The quantitative estimate of drug-likeness (QED) is 0.183. The second kappa shape index (κ2) is 13.9. The Hall–Kier alpha value is -4.15. The molecular formula is C32H39F2NO8. The van der Waals surface area contributed by atoms with Gasteiger partial charge in [-0.05, 0) is 66.5 Å². The lowest BCUT2D eigenvalue weighted by Crippen LogP contribution is -2.53. The topological polar surface area (TPSA) is 125 Å². The second-order valence-electron chi connectivity index (χ2n) is 12.1. The maximum Gasteiger partial charge on any atom is 0.408 e. The van der Waals surface area contributed by atoms with Crippen molar-refractivity contribution in [1.82, 2.24) is 5.32 Å². The molecule has 9 nitrogen and oxygen atoms in total. The average Bonchev–Trinajstić information content (AvgIpc) is 2.90. The van der Waals surface area contributed by atoms with Crippen molar-refractivity contribution in [3.05, 3.63) is 59.7 Å². The van der Waals surface area contributed by atoms with Crippen molar-refractivity contribution < 1.29 is 47.0 Å². The molecule has 43 heavy (non-hydrogen) atoms. The Balaban J connectivity index is 1.98. The summed E-state index contributed by atoms with van der Waals surface area (Å²) in [5.41, 5.74) is -2.87. The first-order chi connectivity index (χ1) is 19.7. The van der Waals surface area contributed by atoms with Crippen LogP contribution in [0.1, 0.15) is 76.1 Å². The number of Topliss-reactive ketones (excluding diaryl/α,β-unsaturated/α-hetero) is 2. The molecule has 2 aromatic carbocycles. The number of ketones is 2. The number of nitrogens with one attached hydrogen (secondary N) is 1. The van der Waals surface area contributed by atoms with E-state index in [4.69, 9.17) is 14.2 Å². The van der Waals surface area contributed by atoms with Crippen LogP contribution in [0.25, 0.3) is 11.1 Å². The molecule has 0 aromatic heterocycles. The smallest absolute Gasteiger partial charge is 0.408 e. The molecule has 0 saturated carbocycles. The molecule has 0 radical (unpaired) electrons. The lowest BCUT2D eigenvalue weighted by Gasteiger charge is -2.27. The highest BCUT2D eigenvalue weighted by Crippen LogP contribution is 2.23. The fourth-order valence-electron chi connectivity index (χ4n) is 3.56. The fourth-order valence-corrected chi connectivity index (χ4v) is 3.56. The van der Waals surface area contributed by atoms with E-state index < -0.39 is 71.7 Å². The molecule has 2 rings (SSSR count). The number of carbonyl (C=O) groups excluding carboxylic acids is 5. The molecule has 0 aliphatic rings. The van der Waals surface area contributed by atoms with Crippen LogP contribution < -0.4 is 5.32 Å². The van der Waals surface area contributed by atoms with Crippen LogP contribution in [0.4, 0.5) is 13.6 Å². The summed E-state index contributed by atoms with van der Waals surface area (Å²) in [6.07, 6.45) is -1.00. The Morgan fingerprint density at radius 1 is 0.674 bits per heavy atom. The molecule has 0 aliphatic heterocycles. The molecule has 234 valence electrons. The van der Waals surface area contributed by atoms with Crippen molar-refractivity contribution in [3.8, 4) is 11.1 Å². The minimum atomic E-state index is -2.20. The first kappa shape index (κ1) is 35.0. The summed E-state index contributed by atoms with van der Waals surface area (Å²) in [4.78, 5) is 61.6. The predicted molar refractivity (Wildman–Crippen MR) is 155 cm³/mol. The zero-order valence-electron chi connectivity index (χ0n) is 25.7. The molecule has 2 aromatic rings. The number of hydrogen-bond acceptors (Lipinski definition) is 8. The third kappa shape index (κ3) is 10.9. The van der Waals surface area contributed by atoms with Crippen LogP contribution in [0.15, 0.2) is 48.5 Å². The van der Waals surface area contributed by atoms with Crippen molar-refractivity contribution in [2.24, 2.45) is 5.92 Å². The Kier molecular flexibility index (Phi) is 11.3. The van der Waals surface area contributed by atoms with E-state index in [2.05, 4.69) is 5.32 Å². The van der Waals surface area contributed by atoms with Crippen molar-refractivity contribution >= 4 is 29.6 Å². The van der Waals surface area contributed by atoms with Crippen molar-refractivity contribution in [1.29, 1.82) is 0 Å². The van der Waals surface area contributed by atoms with Crippen molar-refractivity contribution in [2.75, 3.05) is 13.2 Å². The number of esters is 2. The third-order valence-electron chi connectivity index (χ3n) is 6.40. The zero-order valence-corrected chi connectivity index (χ0v) is 25.7. The summed E-state index contributed by atoms with van der Waals surface area (Å²) in [7, 11) is 0. The van der Waals surface area contributed by atoms with Gasteiger partial charge in [0.05, 0.1) is 5.92 Å². The Labute approximate surface area is 250 Å². The summed E-state index contributed by atoms with van der Waals surface area (Å²) in [5.74, 6) is -3.95. The number of amides is 1. The zero-order chi connectivity index (χ0) is 32.8. The Bertz CT molecular complexity index is 1320. The van der Waals surface area contributed by atoms with E-state index in [0.717, 1.165) is 25.0 Å². The van der Waals surface area contributed by atoms with Gasteiger partial charge in [-0.2, -0.15) is 0 Å². The van der Waals surface area contributed by atoms with Crippen LogP contribution in [0.2, 0.25) is 0 Å². The molecule has 0 aliphatic carbocycles. The van der Waals surface area contributed by atoms with E-state index >= 15 is 0 Å². The largest absolute Gasteiger partial charge is 0.457 e. The minimum absolute atomic E-state index is 0.229. The van der Waals surface area contributed by atoms with Crippen LogP contribution in [0.3, 0.4) is 0 Å². The number of halogens is 2. The van der Waals surface area contributed by atoms with Gasteiger partial charge in [0, 0.05) is 11.1 Å². The summed E-state index contributed by atoms with van der Waals surface area (Å²) in [5, 5.41) is 2.16. The van der Waals surface area contributed by atoms with Crippen molar-refractivity contribution in [3.63, 3.8) is 0 Å². The molecule has 0 bridgehead atoms. The van der Waals surface area contributed by atoms with Gasteiger partial charge >= 0.3 is 18.0 Å². The van der Waals surface area contributed by atoms with Crippen LogP contribution in [0, 0.1) is 5.92 Å². The van der Waals surface area contributed by atoms with Crippen LogP contribution in [0.5, 0.6) is 0 Å². The maximum absolute atomic E-state index is 14.7. The highest BCUT2D eigenvalue weighted by atomic mass is 19.1. The summed E-state index contributed by atoms with van der Waals surface area (Å²) >= 11 is 0. The van der Waals surface area contributed by atoms with Gasteiger partial charge in [-0.15, -0.1) is 0 Å². The maximum atomic E-state index is 14.7. The number of hydrogen-bond donors (Lipinski definition) is 1. The molecule has 2 unspecified atom stereocenters. The predicted octanol–water partition coefficient (Wildman–Crippen LogP) is 5.83. The molecular weight excluding hydrogens is 564 g/mol. The first-order valence-corrected chi connectivity index (χ1v) is 13.7. The van der Waals surface area contributed by atoms with Gasteiger partial charge in [0.15, 0.2) is 30.8 Å². The summed E-state index contributed by atoms with van der Waals surface area (Å²) in [6.45, 7) is 9.73. The molecule has 0 spiro atoms. The van der Waals surface area contributed by atoms with Crippen LogP contribution in [-0.2, 0) is 23.8 Å². The van der Waals surface area contributed by atoms with E-state index in [1.54, 1.807) is 57.2 Å². The van der Waals surface area contributed by atoms with Gasteiger partial charge in [-0.25, -0.2) is 18.4 Å². The van der Waals surface area contributed by atoms with Crippen LogP contribution >= 0.6 is 0 Å². The molecule has 0 heterocycles. The van der Waals surface area contributed by atoms with E-state index in [9.17, 15) is 32.8 Å². The van der Waals surface area contributed by atoms with Gasteiger partial charge in [0.25, 0.3) is 0 Å². The normalized spacial score (nSPS) is 13.3. The number of carbonyl (C=O) groups is 5. The van der Waals surface area contributed by atoms with Gasteiger partial charge in [-0.1, -0.05) is 48.5 Å². The van der Waals surface area contributed by atoms with E-state index in [1.807, 2.05) is 0 Å². The molecule has 11 heteroatoms. The first-order valence-electron chi connectivity index (χ1n) is 13.7. The van der Waals surface area contributed by atoms with E-state index in [-0.39, 0.29) is 5.56 Å². The fraction of sp³-hybridized carbons (Fsp3) is 0.469. The Morgan fingerprint density at radius 2 is 1.07 bits per heavy atom. The monoisotopic (exact) mass is 603 g/mol. The van der Waals surface area contributed by atoms with E-state index in [1.165, 1.54) is 32.9 Å². The number of rotatable bonds is 12. The molecule has 1 amide bonds. The SMILES string of the molecule is CC(C(=O)OCC(=O)c1ccc(-c2ccc(C(=O)COC(=O)C(NC(=O)OC(C)(C)C)C(C)(C)F)cc2)cc1)C(C)(C)F. The highest BCUT2D eigenvalue weighted by Gasteiger charge is 2.39. The lowest BCUT2D eigenvalue weighted by molar-refractivity contribution is -0.151. The van der Waals surface area contributed by atoms with Gasteiger partial charge in [0.2, 0.25) is 0 Å². The van der Waals surface area contributed by atoms with E-state index in [0.29, 0.717) is 5.56 Å². The molecule has 0 saturated heterocycles. The second-order valence-corrected chi connectivity index (χ2v) is 12.1. The van der Waals surface area contributed by atoms with Crippen molar-refractivity contribution in [2.45, 2.75) is 78.4 Å². The molecule has 1 N–H and O–H groups in total. The standard InChI is InChI=1S/C32H39F2NO8/c1-19(31(5,6)33)27(38)41-17-24(36)22-13-9-20(10-14-22)21-11-15-23(16-12-21)25(37)18-42-28(39)26(32(7,8)34)35-29(40)43-30(2,3)4/h9-16,19,26H,17-18H2,1-8H3,(H,35,40). The summed E-state index contributed by atoms with van der Waals surface area (Å²) < 4.78 is 43.6. The average molecular weight is 604 g/mol. The number of alkyl halides is 2. The summed E-state index contributed by atoms with van der Waals surface area (Å²) in [6, 6.07) is 11.1. The molecule has 2 atom stereocenters. The minimum Gasteiger partial charge on any atom is -0.457 e. The Morgan fingerprint density at radius 3 is 1.42 bits per heavy atom. The lowest BCUT2D eigenvalue weighted by atomic mass is 9.95. The van der Waals surface area contributed by atoms with Gasteiger partial charge in [0.1, 0.15) is 16.9 Å². The van der Waals surface area contributed by atoms with Gasteiger partial charge < -0.3 is 19.5 Å². The number of benzene rings is 2. The third-order valence-corrected chi connectivity index (χ3v) is 6.40. The molecule has 0 fully saturated rings. The highest BCUT2D eigenvalue weighted by molar-refractivity contribution is 5.99. The number of alkyl carbamates (subject to hydrolysis) is 1. The van der Waals surface area contributed by atoms with Crippen LogP contribution in [-0.4, -0.2) is 65.8 Å². The number of ether oxygens (including phenoxy) is 3. The van der Waals surface area contributed by atoms with Gasteiger partial charge in [-0.3, -0.25) is 14.4 Å².